The second-order valence-corrected chi connectivity index (χ2v) is 10.3. The fourth-order valence-corrected chi connectivity index (χ4v) is 5.29. The molecule has 7 heteroatoms. The lowest BCUT2D eigenvalue weighted by molar-refractivity contribution is -0.135. The normalized spacial score (nSPS) is 35.3. The van der Waals surface area contributed by atoms with Crippen LogP contribution in [0, 0.1) is 23.7 Å². The van der Waals surface area contributed by atoms with Crippen molar-refractivity contribution in [2.45, 2.75) is 51.4 Å². The van der Waals surface area contributed by atoms with Crippen LogP contribution in [0.3, 0.4) is 0 Å². The molecule has 0 bridgehead atoms. The van der Waals surface area contributed by atoms with E-state index in [1.54, 1.807) is 6.08 Å². The zero-order valence-electron chi connectivity index (χ0n) is 19.0. The highest BCUT2D eigenvalue weighted by Crippen LogP contribution is 2.40. The first-order valence-corrected chi connectivity index (χ1v) is 11.5. The number of allylic oxidation sites excluding steroid dienone is 7. The van der Waals surface area contributed by atoms with Crippen LogP contribution in [0.15, 0.2) is 48.3 Å². The predicted molar refractivity (Wildman–Crippen MR) is 120 cm³/mol. The highest BCUT2D eigenvalue weighted by atomic mass is 19.1. The van der Waals surface area contributed by atoms with Gasteiger partial charge in [-0.1, -0.05) is 30.4 Å². The Hall–Kier alpha value is -2.41. The maximum absolute atomic E-state index is 14.9. The first-order chi connectivity index (χ1) is 15.1. The Morgan fingerprint density at radius 3 is 2.69 bits per heavy atom. The lowest BCUT2D eigenvalue weighted by Gasteiger charge is -2.32. The summed E-state index contributed by atoms with van der Waals surface area (Å²) in [5, 5.41) is 9.67. The van der Waals surface area contributed by atoms with E-state index in [1.807, 2.05) is 12.2 Å². The fourth-order valence-electron chi connectivity index (χ4n) is 5.29. The van der Waals surface area contributed by atoms with Crippen molar-refractivity contribution in [3.63, 3.8) is 0 Å². The number of halogens is 1. The van der Waals surface area contributed by atoms with E-state index in [4.69, 9.17) is 4.74 Å². The number of amides is 2. The molecule has 0 aromatic rings. The number of aliphatic hydroxyl groups is 1. The molecular weight excluding hydrogens is 411 g/mol. The molecule has 2 aliphatic heterocycles. The van der Waals surface area contributed by atoms with Gasteiger partial charge in [-0.15, -0.1) is 0 Å². The molecule has 4 rings (SSSR count). The second kappa shape index (κ2) is 8.85. The smallest absolute Gasteiger partial charge is 0.416 e. The van der Waals surface area contributed by atoms with Crippen LogP contribution < -0.4 is 0 Å². The average molecular weight is 445 g/mol. The monoisotopic (exact) mass is 444 g/mol. The fraction of sp³-hybridized carbons (Fsp3) is 0.600. The zero-order valence-corrected chi connectivity index (χ0v) is 19.0. The van der Waals surface area contributed by atoms with Crippen LogP contribution in [0.25, 0.3) is 0 Å². The molecule has 2 saturated heterocycles. The van der Waals surface area contributed by atoms with E-state index in [0.29, 0.717) is 19.5 Å². The maximum atomic E-state index is 14.9. The van der Waals surface area contributed by atoms with E-state index in [2.05, 4.69) is 37.8 Å². The first-order valence-electron chi connectivity index (χ1n) is 11.5. The van der Waals surface area contributed by atoms with Crippen molar-refractivity contribution in [1.82, 2.24) is 9.80 Å². The Morgan fingerprint density at radius 2 is 2.03 bits per heavy atom. The maximum Gasteiger partial charge on any atom is 0.416 e. The molecule has 2 aliphatic carbocycles. The Bertz CT molecular complexity index is 872. The molecule has 2 heterocycles. The van der Waals surface area contributed by atoms with Crippen molar-refractivity contribution in [3.05, 3.63) is 48.3 Å². The highest BCUT2D eigenvalue weighted by molar-refractivity contribution is 5.95. The van der Waals surface area contributed by atoms with Gasteiger partial charge in [0.1, 0.15) is 18.5 Å². The summed E-state index contributed by atoms with van der Waals surface area (Å²) in [6, 6.07) is -0.313. The largest absolute Gasteiger partial charge is 0.508 e. The van der Waals surface area contributed by atoms with Crippen LogP contribution in [0.4, 0.5) is 9.18 Å². The molecule has 0 spiro atoms. The molecule has 2 amide bonds. The van der Waals surface area contributed by atoms with Gasteiger partial charge in [0, 0.05) is 24.5 Å². The van der Waals surface area contributed by atoms with Crippen LogP contribution in [0.5, 0.6) is 0 Å². The molecule has 2 fully saturated rings. The number of aliphatic hydroxyl groups excluding tert-OH is 1. The molecule has 1 N–H and O–H groups in total. The molecular formula is C25H33FN2O4. The minimum atomic E-state index is -1.37. The Labute approximate surface area is 189 Å². The molecule has 4 aliphatic rings. The van der Waals surface area contributed by atoms with E-state index < -0.39 is 24.1 Å². The molecule has 0 saturated carbocycles. The Balaban J connectivity index is 1.57. The average Bonchev–Trinajstić information content (AvgIpc) is 3.33. The van der Waals surface area contributed by atoms with E-state index >= 15 is 0 Å². The van der Waals surface area contributed by atoms with Crippen molar-refractivity contribution in [2.75, 3.05) is 19.7 Å². The van der Waals surface area contributed by atoms with Gasteiger partial charge in [-0.05, 0) is 57.6 Å². The summed E-state index contributed by atoms with van der Waals surface area (Å²) in [7, 11) is 0. The van der Waals surface area contributed by atoms with E-state index in [-0.39, 0.29) is 41.7 Å². The molecule has 6 nitrogen and oxygen atoms in total. The summed E-state index contributed by atoms with van der Waals surface area (Å²) in [4.78, 5) is 29.8. The number of imide groups is 1. The number of likely N-dealkylation sites (tertiary alicyclic amines) is 1. The van der Waals surface area contributed by atoms with Crippen LogP contribution in [-0.4, -0.2) is 64.4 Å². The zero-order chi connectivity index (χ0) is 23.0. The topological polar surface area (TPSA) is 70.1 Å². The summed E-state index contributed by atoms with van der Waals surface area (Å²) >= 11 is 0. The number of ether oxygens (including phenoxy) is 1. The van der Waals surface area contributed by atoms with Gasteiger partial charge in [0.05, 0.1) is 12.0 Å². The van der Waals surface area contributed by atoms with Crippen molar-refractivity contribution >= 4 is 12.0 Å². The molecule has 0 radical (unpaired) electrons. The number of rotatable bonds is 4. The second-order valence-electron chi connectivity index (χ2n) is 10.3. The van der Waals surface area contributed by atoms with E-state index in [1.165, 1.54) is 17.1 Å². The summed E-state index contributed by atoms with van der Waals surface area (Å²) < 4.78 is 20.2. The SMILES string of the molecule is CC(C)(C)N1C[C@@H](C(=O)N2C(=O)OC[C@H]2CC2C=CC=CC2)[C@H](C2C=CC(O)=CC2F)C1. The lowest BCUT2D eigenvalue weighted by atomic mass is 9.78. The molecule has 0 aromatic carbocycles. The van der Waals surface area contributed by atoms with Crippen LogP contribution in [0.2, 0.25) is 0 Å². The van der Waals surface area contributed by atoms with Crippen LogP contribution in [-0.2, 0) is 9.53 Å². The molecule has 32 heavy (non-hydrogen) atoms. The van der Waals surface area contributed by atoms with Crippen molar-refractivity contribution in [2.24, 2.45) is 23.7 Å². The number of nitrogens with zero attached hydrogens (tertiary/aromatic N) is 2. The van der Waals surface area contributed by atoms with Gasteiger partial charge in [-0.25, -0.2) is 14.1 Å². The number of carbonyl (C=O) groups excluding carboxylic acids is 2. The van der Waals surface area contributed by atoms with E-state index in [9.17, 15) is 19.1 Å². The third-order valence-electron chi connectivity index (χ3n) is 7.15. The summed E-state index contributed by atoms with van der Waals surface area (Å²) in [5.74, 6) is -1.47. The minimum Gasteiger partial charge on any atom is -0.508 e. The number of hydrogen-bond donors (Lipinski definition) is 1. The number of cyclic esters (lactones) is 1. The van der Waals surface area contributed by atoms with Gasteiger partial charge in [0.2, 0.25) is 5.91 Å². The van der Waals surface area contributed by atoms with Gasteiger partial charge in [-0.3, -0.25) is 9.69 Å². The summed E-state index contributed by atoms with van der Waals surface area (Å²) in [6.45, 7) is 7.42. The Kier molecular flexibility index (Phi) is 6.30. The molecule has 174 valence electrons. The standard InChI is InChI=1S/C25H33FN2O4/c1-25(2,3)27-13-20(19-10-9-18(29)12-22(19)26)21(14-27)23(30)28-17(15-32-24(28)31)11-16-7-5-4-6-8-16/h4-7,9-10,12,16-17,19-22,29H,8,11,13-15H2,1-3H3/t16?,17-,19?,20+,21-,22?/m1/s1. The minimum absolute atomic E-state index is 0.0972. The first kappa shape index (κ1) is 22.8. The Morgan fingerprint density at radius 1 is 1.25 bits per heavy atom. The predicted octanol–water partition coefficient (Wildman–Crippen LogP) is 4.17. The number of alkyl halides is 1. The molecule has 0 aromatic heterocycles. The van der Waals surface area contributed by atoms with Gasteiger partial charge >= 0.3 is 6.09 Å². The lowest BCUT2D eigenvalue weighted by Crippen LogP contribution is -2.47. The van der Waals surface area contributed by atoms with Gasteiger partial charge < -0.3 is 9.84 Å². The van der Waals surface area contributed by atoms with Crippen molar-refractivity contribution in [1.29, 1.82) is 0 Å². The van der Waals surface area contributed by atoms with Crippen molar-refractivity contribution < 1.29 is 23.8 Å². The highest BCUT2D eigenvalue weighted by Gasteiger charge is 2.50. The summed E-state index contributed by atoms with van der Waals surface area (Å²) in [5.41, 5.74) is -0.195. The van der Waals surface area contributed by atoms with Gasteiger partial charge in [-0.2, -0.15) is 0 Å². The van der Waals surface area contributed by atoms with Crippen LogP contribution >= 0.6 is 0 Å². The number of carbonyl (C=O) groups is 2. The molecule has 3 unspecified atom stereocenters. The third-order valence-corrected chi connectivity index (χ3v) is 7.15. The van der Waals surface area contributed by atoms with Gasteiger partial charge in [0.15, 0.2) is 0 Å². The summed E-state index contributed by atoms with van der Waals surface area (Å²) in [6.07, 6.45) is 12.1. The van der Waals surface area contributed by atoms with Crippen LogP contribution in [0.1, 0.15) is 33.6 Å². The third kappa shape index (κ3) is 4.53. The molecule has 6 atom stereocenters. The quantitative estimate of drug-likeness (QED) is 0.705. The van der Waals surface area contributed by atoms with Crippen molar-refractivity contribution in [3.8, 4) is 0 Å². The number of hydrogen-bond acceptors (Lipinski definition) is 5. The van der Waals surface area contributed by atoms with Gasteiger partial charge in [0.25, 0.3) is 0 Å². The van der Waals surface area contributed by atoms with E-state index in [0.717, 1.165) is 6.42 Å².